The minimum absolute atomic E-state index is 0.0101. The predicted octanol–water partition coefficient (Wildman–Crippen LogP) is 1.82. The maximum Gasteiger partial charge on any atom is 0.273 e. The van der Waals surface area contributed by atoms with Gasteiger partial charge in [0.25, 0.3) is 15.9 Å². The van der Waals surface area contributed by atoms with Crippen molar-refractivity contribution in [3.8, 4) is 11.5 Å². The molecule has 8 heteroatoms. The van der Waals surface area contributed by atoms with Crippen molar-refractivity contribution in [3.05, 3.63) is 17.7 Å². The number of amides is 1. The van der Waals surface area contributed by atoms with Gasteiger partial charge in [-0.3, -0.25) is 4.79 Å². The van der Waals surface area contributed by atoms with Crippen LogP contribution in [0.4, 0.5) is 0 Å². The van der Waals surface area contributed by atoms with Gasteiger partial charge in [0.1, 0.15) is 28.0 Å². The molecule has 0 spiro atoms. The highest BCUT2D eigenvalue weighted by molar-refractivity contribution is 7.90. The summed E-state index contributed by atoms with van der Waals surface area (Å²) in [6.07, 6.45) is 0. The van der Waals surface area contributed by atoms with Gasteiger partial charge in [-0.15, -0.1) is 11.6 Å². The molecule has 1 aromatic carbocycles. The standard InChI is InChI=1S/C12H14ClNO5S/c1-3-18-8-5-9(19-4-2)11-10(6-8)20(16,17)14(7-13)12(11)15/h5-6H,3-4,7H2,1-2H3. The van der Waals surface area contributed by atoms with Crippen LogP contribution in [0.2, 0.25) is 0 Å². The Balaban J connectivity index is 2.68. The maximum atomic E-state index is 12.2. The Kier molecular flexibility index (Phi) is 4.10. The third-order valence-corrected chi connectivity index (χ3v) is 4.90. The molecule has 0 N–H and O–H groups in total. The smallest absolute Gasteiger partial charge is 0.273 e. The maximum absolute atomic E-state index is 12.2. The van der Waals surface area contributed by atoms with E-state index >= 15 is 0 Å². The summed E-state index contributed by atoms with van der Waals surface area (Å²) in [5.41, 5.74) is 0.0101. The fraction of sp³-hybridized carbons (Fsp3) is 0.417. The number of fused-ring (bicyclic) bond motifs is 1. The molecule has 1 aliphatic rings. The van der Waals surface area contributed by atoms with Gasteiger partial charge in [0.05, 0.1) is 13.2 Å². The fourth-order valence-corrected chi connectivity index (χ4v) is 3.85. The Labute approximate surface area is 122 Å². The topological polar surface area (TPSA) is 72.9 Å². The van der Waals surface area contributed by atoms with Gasteiger partial charge in [-0.25, -0.2) is 12.7 Å². The van der Waals surface area contributed by atoms with E-state index in [9.17, 15) is 13.2 Å². The predicted molar refractivity (Wildman–Crippen MR) is 72.9 cm³/mol. The molecule has 0 aliphatic carbocycles. The van der Waals surface area contributed by atoms with Gasteiger partial charge in [0, 0.05) is 12.1 Å². The number of ether oxygens (including phenoxy) is 2. The van der Waals surface area contributed by atoms with Crippen molar-refractivity contribution >= 4 is 27.5 Å². The van der Waals surface area contributed by atoms with Crippen LogP contribution in [-0.4, -0.2) is 37.8 Å². The van der Waals surface area contributed by atoms with E-state index in [0.717, 1.165) is 0 Å². The van der Waals surface area contributed by atoms with Gasteiger partial charge in [-0.1, -0.05) is 0 Å². The van der Waals surface area contributed by atoms with Crippen LogP contribution in [-0.2, 0) is 10.0 Å². The van der Waals surface area contributed by atoms with E-state index in [1.165, 1.54) is 12.1 Å². The van der Waals surface area contributed by atoms with E-state index in [1.54, 1.807) is 13.8 Å². The molecule has 0 saturated heterocycles. The van der Waals surface area contributed by atoms with Crippen molar-refractivity contribution in [2.24, 2.45) is 0 Å². The normalized spacial score (nSPS) is 16.1. The lowest BCUT2D eigenvalue weighted by Gasteiger charge is -2.10. The number of halogens is 1. The molecule has 1 aliphatic heterocycles. The summed E-state index contributed by atoms with van der Waals surface area (Å²) in [5.74, 6) is -0.154. The summed E-state index contributed by atoms with van der Waals surface area (Å²) in [6.45, 7) is 4.19. The average Bonchev–Trinajstić information content (AvgIpc) is 2.58. The summed E-state index contributed by atoms with van der Waals surface area (Å²) < 4.78 is 35.8. The quantitative estimate of drug-likeness (QED) is 0.611. The van der Waals surface area contributed by atoms with Crippen molar-refractivity contribution in [2.75, 3.05) is 19.2 Å². The third-order valence-electron chi connectivity index (χ3n) is 2.77. The van der Waals surface area contributed by atoms with Crippen LogP contribution in [0.15, 0.2) is 17.0 Å². The number of hydrogen-bond donors (Lipinski definition) is 0. The summed E-state index contributed by atoms with van der Waals surface area (Å²) in [4.78, 5) is 12.0. The van der Waals surface area contributed by atoms with Gasteiger partial charge in [0.15, 0.2) is 0 Å². The Morgan fingerprint density at radius 2 is 1.85 bits per heavy atom. The Bertz CT molecular complexity index is 643. The van der Waals surface area contributed by atoms with Crippen LogP contribution >= 0.6 is 11.6 Å². The molecule has 0 fully saturated rings. The molecule has 1 heterocycles. The number of hydrogen-bond acceptors (Lipinski definition) is 5. The summed E-state index contributed by atoms with van der Waals surface area (Å²) in [5, 5.41) is 0. The minimum atomic E-state index is -3.94. The molecule has 2 rings (SSSR count). The highest BCUT2D eigenvalue weighted by Gasteiger charge is 2.43. The van der Waals surface area contributed by atoms with Crippen LogP contribution in [0, 0.1) is 0 Å². The van der Waals surface area contributed by atoms with E-state index in [2.05, 4.69) is 0 Å². The Morgan fingerprint density at radius 3 is 2.40 bits per heavy atom. The molecule has 0 unspecified atom stereocenters. The molecule has 20 heavy (non-hydrogen) atoms. The molecule has 0 bridgehead atoms. The molecule has 0 radical (unpaired) electrons. The first-order valence-electron chi connectivity index (χ1n) is 6.04. The summed E-state index contributed by atoms with van der Waals surface area (Å²) in [6, 6.07) is 2.39. The molecule has 110 valence electrons. The Hall–Kier alpha value is -1.47. The van der Waals surface area contributed by atoms with Crippen molar-refractivity contribution in [1.29, 1.82) is 0 Å². The van der Waals surface area contributed by atoms with Crippen LogP contribution in [0.3, 0.4) is 0 Å². The monoisotopic (exact) mass is 319 g/mol. The first kappa shape index (κ1) is 14.9. The zero-order valence-electron chi connectivity index (χ0n) is 11.1. The van der Waals surface area contributed by atoms with E-state index in [1.807, 2.05) is 0 Å². The molecule has 6 nitrogen and oxygen atoms in total. The van der Waals surface area contributed by atoms with E-state index in [4.69, 9.17) is 21.1 Å². The summed E-state index contributed by atoms with van der Waals surface area (Å²) >= 11 is 5.56. The molecule has 0 atom stereocenters. The van der Waals surface area contributed by atoms with Gasteiger partial charge >= 0.3 is 0 Å². The second-order valence-corrected chi connectivity index (χ2v) is 6.01. The first-order chi connectivity index (χ1) is 9.47. The summed E-state index contributed by atoms with van der Waals surface area (Å²) in [7, 11) is -3.94. The number of alkyl halides is 1. The number of nitrogens with zero attached hydrogens (tertiary/aromatic N) is 1. The van der Waals surface area contributed by atoms with E-state index in [-0.39, 0.29) is 16.2 Å². The average molecular weight is 320 g/mol. The fourth-order valence-electron chi connectivity index (χ4n) is 1.97. The lowest BCUT2D eigenvalue weighted by molar-refractivity contribution is 0.0882. The van der Waals surface area contributed by atoms with Gasteiger partial charge in [-0.2, -0.15) is 0 Å². The lowest BCUT2D eigenvalue weighted by Crippen LogP contribution is -2.28. The van der Waals surface area contributed by atoms with E-state index in [0.29, 0.717) is 23.3 Å². The van der Waals surface area contributed by atoms with Gasteiger partial charge in [0.2, 0.25) is 0 Å². The van der Waals surface area contributed by atoms with Crippen molar-refractivity contribution in [3.63, 3.8) is 0 Å². The highest BCUT2D eigenvalue weighted by Crippen LogP contribution is 2.39. The van der Waals surface area contributed by atoms with Crippen molar-refractivity contribution in [1.82, 2.24) is 4.31 Å². The number of carbonyl (C=O) groups is 1. The lowest BCUT2D eigenvalue weighted by atomic mass is 10.1. The minimum Gasteiger partial charge on any atom is -0.494 e. The number of rotatable bonds is 5. The molecule has 0 aromatic heterocycles. The zero-order chi connectivity index (χ0) is 14.9. The second kappa shape index (κ2) is 5.49. The van der Waals surface area contributed by atoms with Crippen LogP contribution in [0.25, 0.3) is 0 Å². The number of benzene rings is 1. The third kappa shape index (κ3) is 2.20. The van der Waals surface area contributed by atoms with Gasteiger partial charge < -0.3 is 9.47 Å². The number of sulfonamides is 1. The van der Waals surface area contributed by atoms with Crippen LogP contribution < -0.4 is 9.47 Å². The van der Waals surface area contributed by atoms with Crippen molar-refractivity contribution < 1.29 is 22.7 Å². The Morgan fingerprint density at radius 1 is 1.20 bits per heavy atom. The van der Waals surface area contributed by atoms with E-state index < -0.39 is 21.9 Å². The molecule has 1 aromatic rings. The van der Waals surface area contributed by atoms with Crippen LogP contribution in [0.1, 0.15) is 24.2 Å². The zero-order valence-corrected chi connectivity index (χ0v) is 12.6. The SMILES string of the molecule is CCOc1cc(OCC)c2c(c1)S(=O)(=O)N(CCl)C2=O. The first-order valence-corrected chi connectivity index (χ1v) is 8.01. The number of carbonyl (C=O) groups excluding carboxylic acids is 1. The molecule has 0 saturated carbocycles. The molecular weight excluding hydrogens is 306 g/mol. The van der Waals surface area contributed by atoms with Gasteiger partial charge in [-0.05, 0) is 13.8 Å². The molecular formula is C12H14ClNO5S. The highest BCUT2D eigenvalue weighted by atomic mass is 35.5. The second-order valence-electron chi connectivity index (χ2n) is 3.94. The van der Waals surface area contributed by atoms with Crippen LogP contribution in [0.5, 0.6) is 11.5 Å². The van der Waals surface area contributed by atoms with Crippen molar-refractivity contribution in [2.45, 2.75) is 18.7 Å². The largest absolute Gasteiger partial charge is 0.494 e. The molecule has 1 amide bonds.